The van der Waals surface area contributed by atoms with Gasteiger partial charge in [0.1, 0.15) is 0 Å². The smallest absolute Gasteiger partial charge is 0.216 e. The van der Waals surface area contributed by atoms with E-state index in [1.54, 1.807) is 0 Å². The minimum absolute atomic E-state index is 0.0427. The SMILES string of the molecule is NCc1ccc(CS(=O)(=O)NC2CCN3CCCC23)cc1. The molecule has 0 amide bonds. The van der Waals surface area contributed by atoms with Crippen LogP contribution in [0.5, 0.6) is 0 Å². The molecule has 0 aromatic heterocycles. The van der Waals surface area contributed by atoms with Crippen LogP contribution in [0.4, 0.5) is 0 Å². The van der Waals surface area contributed by atoms with Crippen LogP contribution in [0.15, 0.2) is 24.3 Å². The fraction of sp³-hybridized carbons (Fsp3) is 0.600. The summed E-state index contributed by atoms with van der Waals surface area (Å²) in [6, 6.07) is 7.95. The molecular weight excluding hydrogens is 286 g/mol. The van der Waals surface area contributed by atoms with Crippen LogP contribution >= 0.6 is 0 Å². The number of fused-ring (bicyclic) bond motifs is 1. The number of nitrogens with one attached hydrogen (secondary N) is 1. The molecule has 3 rings (SSSR count). The molecule has 2 saturated heterocycles. The molecule has 21 heavy (non-hydrogen) atoms. The summed E-state index contributed by atoms with van der Waals surface area (Å²) < 4.78 is 27.6. The monoisotopic (exact) mass is 309 g/mol. The highest BCUT2D eigenvalue weighted by Gasteiger charge is 2.38. The summed E-state index contributed by atoms with van der Waals surface area (Å²) >= 11 is 0. The van der Waals surface area contributed by atoms with E-state index in [2.05, 4.69) is 9.62 Å². The van der Waals surface area contributed by atoms with Crippen molar-refractivity contribution in [3.8, 4) is 0 Å². The number of hydrogen-bond donors (Lipinski definition) is 2. The summed E-state index contributed by atoms with van der Waals surface area (Å²) in [7, 11) is -3.28. The van der Waals surface area contributed by atoms with Gasteiger partial charge in [0.2, 0.25) is 10.0 Å². The van der Waals surface area contributed by atoms with Crippen molar-refractivity contribution in [3.05, 3.63) is 35.4 Å². The molecule has 0 bridgehead atoms. The van der Waals surface area contributed by atoms with Gasteiger partial charge in [-0.15, -0.1) is 0 Å². The average molecular weight is 309 g/mol. The Kier molecular flexibility index (Phi) is 4.31. The summed E-state index contributed by atoms with van der Waals surface area (Å²) in [6.07, 6.45) is 3.22. The van der Waals surface area contributed by atoms with Gasteiger partial charge in [-0.3, -0.25) is 4.90 Å². The molecule has 1 aromatic rings. The van der Waals surface area contributed by atoms with Crippen molar-refractivity contribution in [2.24, 2.45) is 5.73 Å². The van der Waals surface area contributed by atoms with Gasteiger partial charge in [-0.25, -0.2) is 13.1 Å². The van der Waals surface area contributed by atoms with E-state index >= 15 is 0 Å². The maximum atomic E-state index is 12.3. The largest absolute Gasteiger partial charge is 0.326 e. The summed E-state index contributed by atoms with van der Waals surface area (Å²) in [4.78, 5) is 2.41. The lowest BCUT2D eigenvalue weighted by atomic mass is 10.1. The van der Waals surface area contributed by atoms with E-state index in [1.807, 2.05) is 24.3 Å². The molecule has 2 unspecified atom stereocenters. The number of benzene rings is 1. The molecule has 0 spiro atoms. The highest BCUT2D eigenvalue weighted by molar-refractivity contribution is 7.88. The number of sulfonamides is 1. The van der Waals surface area contributed by atoms with Gasteiger partial charge in [0, 0.05) is 25.2 Å². The third kappa shape index (κ3) is 3.45. The second-order valence-corrected chi connectivity index (χ2v) is 7.79. The highest BCUT2D eigenvalue weighted by Crippen LogP contribution is 2.28. The van der Waals surface area contributed by atoms with Crippen LogP contribution in [0.25, 0.3) is 0 Å². The Bertz CT molecular complexity index is 585. The van der Waals surface area contributed by atoms with Gasteiger partial charge in [0.15, 0.2) is 0 Å². The standard InChI is InChI=1S/C15H23N3O2S/c16-10-12-3-5-13(6-4-12)11-21(19,20)17-14-7-9-18-8-1-2-15(14)18/h3-6,14-15,17H,1-2,7-11,16H2. The van der Waals surface area contributed by atoms with Gasteiger partial charge >= 0.3 is 0 Å². The van der Waals surface area contributed by atoms with E-state index in [0.717, 1.165) is 37.1 Å². The first kappa shape index (κ1) is 15.0. The van der Waals surface area contributed by atoms with Gasteiger partial charge in [-0.05, 0) is 36.9 Å². The molecular formula is C15H23N3O2S. The Hall–Kier alpha value is -0.950. The predicted molar refractivity (Wildman–Crippen MR) is 83.1 cm³/mol. The van der Waals surface area contributed by atoms with Crippen LogP contribution in [-0.4, -0.2) is 38.5 Å². The lowest BCUT2D eigenvalue weighted by molar-refractivity contribution is 0.309. The van der Waals surface area contributed by atoms with Crippen molar-refractivity contribution in [1.82, 2.24) is 9.62 Å². The van der Waals surface area contributed by atoms with Crippen LogP contribution in [0.3, 0.4) is 0 Å². The second kappa shape index (κ2) is 6.04. The van der Waals surface area contributed by atoms with Crippen molar-refractivity contribution in [1.29, 1.82) is 0 Å². The zero-order valence-corrected chi connectivity index (χ0v) is 13.0. The first-order chi connectivity index (χ1) is 10.1. The molecule has 2 atom stereocenters. The van der Waals surface area contributed by atoms with Crippen LogP contribution in [0.2, 0.25) is 0 Å². The van der Waals surface area contributed by atoms with Gasteiger partial charge < -0.3 is 5.73 Å². The minimum atomic E-state index is -3.28. The molecule has 3 N–H and O–H groups in total. The molecule has 6 heteroatoms. The predicted octanol–water partition coefficient (Wildman–Crippen LogP) is 0.801. The van der Waals surface area contributed by atoms with Crippen molar-refractivity contribution < 1.29 is 8.42 Å². The first-order valence-corrected chi connectivity index (χ1v) is 9.24. The first-order valence-electron chi connectivity index (χ1n) is 7.59. The van der Waals surface area contributed by atoms with Crippen LogP contribution in [0.1, 0.15) is 30.4 Å². The summed E-state index contributed by atoms with van der Waals surface area (Å²) in [5.41, 5.74) is 7.37. The van der Waals surface area contributed by atoms with Gasteiger partial charge in [0.05, 0.1) is 5.75 Å². The molecule has 5 nitrogen and oxygen atoms in total. The number of nitrogens with zero attached hydrogens (tertiary/aromatic N) is 1. The zero-order valence-electron chi connectivity index (χ0n) is 12.2. The summed E-state index contributed by atoms with van der Waals surface area (Å²) in [6.45, 7) is 2.61. The summed E-state index contributed by atoms with van der Waals surface area (Å²) in [5.74, 6) is 0.0427. The molecule has 0 aliphatic carbocycles. The van der Waals surface area contributed by atoms with E-state index in [-0.39, 0.29) is 11.8 Å². The number of hydrogen-bond acceptors (Lipinski definition) is 4. The van der Waals surface area contributed by atoms with Crippen molar-refractivity contribution in [2.75, 3.05) is 13.1 Å². The van der Waals surface area contributed by atoms with Crippen molar-refractivity contribution >= 4 is 10.0 Å². The lowest BCUT2D eigenvalue weighted by Crippen LogP contribution is -2.42. The maximum Gasteiger partial charge on any atom is 0.216 e. The average Bonchev–Trinajstić information content (AvgIpc) is 3.04. The third-order valence-corrected chi connectivity index (χ3v) is 5.93. The molecule has 2 aliphatic rings. The lowest BCUT2D eigenvalue weighted by Gasteiger charge is -2.21. The molecule has 116 valence electrons. The Labute approximate surface area is 126 Å². The van der Waals surface area contributed by atoms with Crippen molar-refractivity contribution in [2.45, 2.75) is 43.6 Å². The van der Waals surface area contributed by atoms with Crippen LogP contribution < -0.4 is 10.5 Å². The Balaban J connectivity index is 1.63. The maximum absolute atomic E-state index is 12.3. The number of nitrogens with two attached hydrogens (primary N) is 1. The van der Waals surface area contributed by atoms with E-state index < -0.39 is 10.0 Å². The zero-order chi connectivity index (χ0) is 14.9. The Morgan fingerprint density at radius 2 is 1.86 bits per heavy atom. The fourth-order valence-electron chi connectivity index (χ4n) is 3.48. The minimum Gasteiger partial charge on any atom is -0.326 e. The van der Waals surface area contributed by atoms with E-state index in [4.69, 9.17) is 5.73 Å². The quantitative estimate of drug-likeness (QED) is 0.844. The normalized spacial score (nSPS) is 26.1. The molecule has 2 fully saturated rings. The van der Waals surface area contributed by atoms with E-state index in [1.165, 1.54) is 6.42 Å². The Morgan fingerprint density at radius 3 is 2.57 bits per heavy atom. The second-order valence-electron chi connectivity index (χ2n) is 6.04. The van der Waals surface area contributed by atoms with Crippen LogP contribution in [-0.2, 0) is 22.3 Å². The molecule has 0 saturated carbocycles. The fourth-order valence-corrected chi connectivity index (χ4v) is 4.93. The Morgan fingerprint density at radius 1 is 1.14 bits per heavy atom. The third-order valence-electron chi connectivity index (χ3n) is 4.55. The van der Waals surface area contributed by atoms with Crippen molar-refractivity contribution in [3.63, 3.8) is 0 Å². The van der Waals surface area contributed by atoms with Gasteiger partial charge in [0.25, 0.3) is 0 Å². The van der Waals surface area contributed by atoms with E-state index in [0.29, 0.717) is 12.6 Å². The van der Waals surface area contributed by atoms with Gasteiger partial charge in [-0.1, -0.05) is 24.3 Å². The van der Waals surface area contributed by atoms with Crippen LogP contribution in [0, 0.1) is 0 Å². The molecule has 1 aromatic carbocycles. The summed E-state index contributed by atoms with van der Waals surface area (Å²) in [5, 5.41) is 0. The number of rotatable bonds is 5. The topological polar surface area (TPSA) is 75.4 Å². The van der Waals surface area contributed by atoms with E-state index in [9.17, 15) is 8.42 Å². The molecule has 2 heterocycles. The molecule has 2 aliphatic heterocycles. The van der Waals surface area contributed by atoms with Gasteiger partial charge in [-0.2, -0.15) is 0 Å². The highest BCUT2D eigenvalue weighted by atomic mass is 32.2. The molecule has 0 radical (unpaired) electrons.